The van der Waals surface area contributed by atoms with Crippen molar-refractivity contribution in [3.63, 3.8) is 0 Å². The highest BCUT2D eigenvalue weighted by molar-refractivity contribution is 6.04. The number of aromatic carboxylic acids is 1. The number of hydrogen-bond acceptors (Lipinski definition) is 4. The number of carboxylic acids is 1. The lowest BCUT2D eigenvalue weighted by molar-refractivity contribution is -0.122. The van der Waals surface area contributed by atoms with Gasteiger partial charge in [0, 0.05) is 6.07 Å². The van der Waals surface area contributed by atoms with E-state index in [1.165, 1.54) is 25.3 Å². The zero-order valence-corrected chi connectivity index (χ0v) is 12.0. The average Bonchev–Trinajstić information content (AvgIpc) is 2.47. The Kier molecular flexibility index (Phi) is 4.47. The molecule has 1 saturated carbocycles. The summed E-state index contributed by atoms with van der Waals surface area (Å²) in [5, 5.41) is 11.8. The molecule has 0 saturated heterocycles. The molecular formula is C15H20N2O4. The van der Waals surface area contributed by atoms with E-state index in [0.29, 0.717) is 18.6 Å². The second-order valence-corrected chi connectivity index (χ2v) is 5.39. The van der Waals surface area contributed by atoms with Crippen molar-refractivity contribution < 1.29 is 19.4 Å². The lowest BCUT2D eigenvalue weighted by atomic mass is 9.82. The van der Waals surface area contributed by atoms with Crippen molar-refractivity contribution in [3.05, 3.63) is 23.8 Å². The van der Waals surface area contributed by atoms with Gasteiger partial charge in [-0.2, -0.15) is 0 Å². The highest BCUT2D eigenvalue weighted by atomic mass is 16.5. The molecule has 0 heterocycles. The summed E-state index contributed by atoms with van der Waals surface area (Å²) in [4.78, 5) is 23.6. The summed E-state index contributed by atoms with van der Waals surface area (Å²) in [5.41, 5.74) is 5.46. The maximum absolute atomic E-state index is 12.4. The van der Waals surface area contributed by atoms with E-state index in [0.717, 1.165) is 19.3 Å². The molecule has 1 amide bonds. The molecule has 0 unspecified atom stereocenters. The van der Waals surface area contributed by atoms with Crippen LogP contribution in [0.4, 0.5) is 5.69 Å². The highest BCUT2D eigenvalue weighted by Gasteiger charge is 2.35. The van der Waals surface area contributed by atoms with Gasteiger partial charge in [0.15, 0.2) is 0 Å². The van der Waals surface area contributed by atoms with Gasteiger partial charge in [-0.15, -0.1) is 0 Å². The van der Waals surface area contributed by atoms with Crippen LogP contribution < -0.4 is 15.8 Å². The Morgan fingerprint density at radius 2 is 1.95 bits per heavy atom. The van der Waals surface area contributed by atoms with Crippen molar-refractivity contribution in [1.82, 2.24) is 0 Å². The Hall–Kier alpha value is -2.08. The Labute approximate surface area is 123 Å². The number of nitrogens with one attached hydrogen (secondary N) is 1. The fourth-order valence-electron chi connectivity index (χ4n) is 2.60. The van der Waals surface area contributed by atoms with Gasteiger partial charge in [0.1, 0.15) is 5.75 Å². The summed E-state index contributed by atoms with van der Waals surface area (Å²) >= 11 is 0. The molecular weight excluding hydrogens is 272 g/mol. The molecule has 1 aromatic rings. The van der Waals surface area contributed by atoms with Crippen LogP contribution in [-0.4, -0.2) is 29.6 Å². The zero-order chi connectivity index (χ0) is 15.5. The Morgan fingerprint density at radius 3 is 2.52 bits per heavy atom. The monoisotopic (exact) mass is 292 g/mol. The van der Waals surface area contributed by atoms with Crippen LogP contribution in [0.25, 0.3) is 0 Å². The van der Waals surface area contributed by atoms with Crippen LogP contribution in [0.5, 0.6) is 5.75 Å². The minimum Gasteiger partial charge on any atom is -0.497 e. The first-order valence-electron chi connectivity index (χ1n) is 6.98. The minimum absolute atomic E-state index is 0.0172. The number of benzene rings is 1. The third-order valence-electron chi connectivity index (χ3n) is 3.90. The van der Waals surface area contributed by atoms with E-state index < -0.39 is 11.5 Å². The van der Waals surface area contributed by atoms with Gasteiger partial charge in [0.05, 0.1) is 23.9 Å². The van der Waals surface area contributed by atoms with E-state index in [-0.39, 0.29) is 17.2 Å². The van der Waals surface area contributed by atoms with Crippen molar-refractivity contribution in [3.8, 4) is 5.75 Å². The van der Waals surface area contributed by atoms with Crippen molar-refractivity contribution in [2.75, 3.05) is 12.4 Å². The van der Waals surface area contributed by atoms with Crippen LogP contribution in [0.2, 0.25) is 0 Å². The molecule has 1 aliphatic carbocycles. The number of amides is 1. The molecule has 114 valence electrons. The smallest absolute Gasteiger partial charge is 0.337 e. The van der Waals surface area contributed by atoms with E-state index >= 15 is 0 Å². The standard InChI is InChI=1S/C15H20N2O4/c1-21-10-5-6-11(13(18)19)12(9-10)17-14(20)15(16)7-3-2-4-8-15/h5-6,9H,2-4,7-8,16H2,1H3,(H,17,20)(H,18,19). The average molecular weight is 292 g/mol. The van der Waals surface area contributed by atoms with Crippen LogP contribution in [0.1, 0.15) is 42.5 Å². The predicted molar refractivity (Wildman–Crippen MR) is 78.6 cm³/mol. The maximum Gasteiger partial charge on any atom is 0.337 e. The van der Waals surface area contributed by atoms with Gasteiger partial charge in [-0.3, -0.25) is 4.79 Å². The molecule has 0 aromatic heterocycles. The Bertz CT molecular complexity index is 551. The molecule has 21 heavy (non-hydrogen) atoms. The van der Waals surface area contributed by atoms with E-state index in [1.807, 2.05) is 0 Å². The van der Waals surface area contributed by atoms with Crippen LogP contribution in [-0.2, 0) is 4.79 Å². The van der Waals surface area contributed by atoms with Crippen molar-refractivity contribution in [1.29, 1.82) is 0 Å². The molecule has 4 N–H and O–H groups in total. The number of carbonyl (C=O) groups is 2. The fraction of sp³-hybridized carbons (Fsp3) is 0.467. The molecule has 0 radical (unpaired) electrons. The summed E-state index contributed by atoms with van der Waals surface area (Å²) < 4.78 is 5.07. The molecule has 2 rings (SSSR count). The first-order valence-corrected chi connectivity index (χ1v) is 6.98. The molecule has 1 aromatic carbocycles. The van der Waals surface area contributed by atoms with E-state index in [9.17, 15) is 14.7 Å². The van der Waals surface area contributed by atoms with E-state index in [2.05, 4.69) is 5.32 Å². The first-order chi connectivity index (χ1) is 9.96. The summed E-state index contributed by atoms with van der Waals surface area (Å²) in [6.07, 6.45) is 4.13. The second-order valence-electron chi connectivity index (χ2n) is 5.39. The molecule has 1 aliphatic rings. The van der Waals surface area contributed by atoms with Crippen molar-refractivity contribution >= 4 is 17.6 Å². The van der Waals surface area contributed by atoms with Crippen LogP contribution >= 0.6 is 0 Å². The van der Waals surface area contributed by atoms with Gasteiger partial charge in [-0.05, 0) is 25.0 Å². The molecule has 6 nitrogen and oxygen atoms in total. The topological polar surface area (TPSA) is 102 Å². The second kappa shape index (κ2) is 6.13. The van der Waals surface area contributed by atoms with Gasteiger partial charge in [-0.25, -0.2) is 4.79 Å². The van der Waals surface area contributed by atoms with Gasteiger partial charge < -0.3 is 20.9 Å². The predicted octanol–water partition coefficient (Wildman–Crippen LogP) is 1.99. The van der Waals surface area contributed by atoms with E-state index in [4.69, 9.17) is 10.5 Å². The van der Waals surface area contributed by atoms with Crippen LogP contribution in [0, 0.1) is 0 Å². The summed E-state index contributed by atoms with van der Waals surface area (Å²) in [5.74, 6) is -0.967. The normalized spacial score (nSPS) is 17.0. The molecule has 0 bridgehead atoms. The number of carboxylic acid groups (broad SMARTS) is 1. The number of rotatable bonds is 4. The van der Waals surface area contributed by atoms with Gasteiger partial charge in [0.25, 0.3) is 0 Å². The molecule has 0 spiro atoms. The summed E-state index contributed by atoms with van der Waals surface area (Å²) in [7, 11) is 1.48. The fourth-order valence-corrected chi connectivity index (χ4v) is 2.60. The van der Waals surface area contributed by atoms with Crippen molar-refractivity contribution in [2.45, 2.75) is 37.6 Å². The molecule has 0 atom stereocenters. The number of hydrogen-bond donors (Lipinski definition) is 3. The SMILES string of the molecule is COc1ccc(C(=O)O)c(NC(=O)C2(N)CCCCC2)c1. The zero-order valence-electron chi connectivity index (χ0n) is 12.0. The highest BCUT2D eigenvalue weighted by Crippen LogP contribution is 2.29. The van der Waals surface area contributed by atoms with Gasteiger partial charge in [0.2, 0.25) is 5.91 Å². The maximum atomic E-state index is 12.4. The molecule has 0 aliphatic heterocycles. The quantitative estimate of drug-likeness (QED) is 0.787. The summed E-state index contributed by atoms with van der Waals surface area (Å²) in [6, 6.07) is 4.44. The third-order valence-corrected chi connectivity index (χ3v) is 3.90. The van der Waals surface area contributed by atoms with E-state index in [1.54, 1.807) is 0 Å². The third kappa shape index (κ3) is 3.33. The number of nitrogens with two attached hydrogens (primary N) is 1. The lowest BCUT2D eigenvalue weighted by Gasteiger charge is -2.32. The lowest BCUT2D eigenvalue weighted by Crippen LogP contribution is -2.52. The number of anilines is 1. The van der Waals surface area contributed by atoms with Gasteiger partial charge in [-0.1, -0.05) is 19.3 Å². The summed E-state index contributed by atoms with van der Waals surface area (Å²) in [6.45, 7) is 0. The first kappa shape index (κ1) is 15.3. The number of methoxy groups -OCH3 is 1. The van der Waals surface area contributed by atoms with Crippen molar-refractivity contribution in [2.24, 2.45) is 5.73 Å². The number of carbonyl (C=O) groups excluding carboxylic acids is 1. The minimum atomic E-state index is -1.11. The Balaban J connectivity index is 2.25. The molecule has 6 heteroatoms. The Morgan fingerprint density at radius 1 is 1.29 bits per heavy atom. The van der Waals surface area contributed by atoms with Gasteiger partial charge >= 0.3 is 5.97 Å². The van der Waals surface area contributed by atoms with Crippen LogP contribution in [0.3, 0.4) is 0 Å². The number of ether oxygens (including phenoxy) is 1. The largest absolute Gasteiger partial charge is 0.497 e. The molecule has 1 fully saturated rings. The van der Waals surface area contributed by atoms with Crippen LogP contribution in [0.15, 0.2) is 18.2 Å².